The fourth-order valence-electron chi connectivity index (χ4n) is 4.04. The molecule has 0 bridgehead atoms. The Morgan fingerprint density at radius 3 is 2.41 bits per heavy atom. The lowest BCUT2D eigenvalue weighted by Crippen LogP contribution is -2.61. The third-order valence-corrected chi connectivity index (χ3v) is 7.12. The summed E-state index contributed by atoms with van der Waals surface area (Å²) >= 11 is 0. The maximum atomic E-state index is 5.63. The normalized spacial score (nSPS) is 42.5. The molecule has 2 fully saturated rings. The van der Waals surface area contributed by atoms with Gasteiger partial charge in [0.15, 0.2) is 0 Å². The Balaban J connectivity index is 2.15. The number of hydrogen-bond acceptors (Lipinski definition) is 3. The first-order valence-corrected chi connectivity index (χ1v) is 8.59. The van der Waals surface area contributed by atoms with Gasteiger partial charge in [0.2, 0.25) is 0 Å². The van der Waals surface area contributed by atoms with Gasteiger partial charge < -0.3 is 14.2 Å². The molecule has 0 aromatic heterocycles. The van der Waals surface area contributed by atoms with E-state index in [0.717, 1.165) is 30.2 Å². The van der Waals surface area contributed by atoms with Gasteiger partial charge in [0, 0.05) is 14.2 Å². The predicted molar refractivity (Wildman–Crippen MR) is 72.1 cm³/mol. The molecule has 2 aliphatic rings. The van der Waals surface area contributed by atoms with Crippen LogP contribution in [-0.4, -0.2) is 35.7 Å². The quantitative estimate of drug-likeness (QED) is 0.781. The van der Waals surface area contributed by atoms with Crippen molar-refractivity contribution in [3.05, 3.63) is 0 Å². The molecule has 5 unspecified atom stereocenters. The lowest BCUT2D eigenvalue weighted by molar-refractivity contribution is 0.0543. The first-order chi connectivity index (χ1) is 8.19. The minimum absolute atomic E-state index is 0.501. The molecule has 1 N–H and O–H groups in total. The number of rotatable bonds is 3. The molecule has 4 heteroatoms. The fourth-order valence-corrected chi connectivity index (χ4v) is 6.18. The van der Waals surface area contributed by atoms with Crippen molar-refractivity contribution < 1.29 is 8.85 Å². The van der Waals surface area contributed by atoms with Crippen LogP contribution in [0.3, 0.4) is 0 Å². The van der Waals surface area contributed by atoms with E-state index < -0.39 is 9.28 Å². The second-order valence-corrected chi connectivity index (χ2v) is 8.30. The summed E-state index contributed by atoms with van der Waals surface area (Å²) < 4.78 is 11.3. The molecule has 0 spiro atoms. The zero-order chi connectivity index (χ0) is 12.4. The highest BCUT2D eigenvalue weighted by atomic mass is 28.3. The van der Waals surface area contributed by atoms with E-state index in [1.54, 1.807) is 0 Å². The van der Waals surface area contributed by atoms with E-state index in [9.17, 15) is 0 Å². The minimum Gasteiger partial charge on any atom is -0.399 e. The van der Waals surface area contributed by atoms with E-state index in [2.05, 4.69) is 19.2 Å². The first kappa shape index (κ1) is 13.5. The number of fused-ring (bicyclic) bond motifs is 1. The molecule has 3 nitrogen and oxygen atoms in total. The zero-order valence-electron chi connectivity index (χ0n) is 11.6. The number of nitrogens with one attached hydrogen (secondary N) is 1. The molecule has 0 aromatic rings. The van der Waals surface area contributed by atoms with Gasteiger partial charge in [-0.1, -0.05) is 26.7 Å². The van der Waals surface area contributed by atoms with E-state index in [1.165, 1.54) is 19.3 Å². The van der Waals surface area contributed by atoms with Crippen molar-refractivity contribution in [2.45, 2.75) is 38.8 Å². The average Bonchev–Trinajstić information content (AvgIpc) is 2.34. The van der Waals surface area contributed by atoms with Crippen LogP contribution in [-0.2, 0) is 8.85 Å². The Hall–Kier alpha value is 0.0969. The molecule has 0 aromatic carbocycles. The first-order valence-electron chi connectivity index (χ1n) is 6.98. The van der Waals surface area contributed by atoms with Crippen LogP contribution >= 0.6 is 0 Å². The van der Waals surface area contributed by atoms with Crippen molar-refractivity contribution >= 4 is 9.28 Å². The molecule has 5 atom stereocenters. The summed E-state index contributed by atoms with van der Waals surface area (Å²) in [7, 11) is 2.07. The molecular weight excluding hydrogens is 230 g/mol. The van der Waals surface area contributed by atoms with Gasteiger partial charge in [0.1, 0.15) is 0 Å². The fraction of sp³-hybridized carbons (Fsp3) is 1.00. The molecule has 2 rings (SSSR count). The molecule has 1 saturated heterocycles. The summed E-state index contributed by atoms with van der Waals surface area (Å²) in [6.45, 7) is 5.95. The van der Waals surface area contributed by atoms with Crippen molar-refractivity contribution in [1.82, 2.24) is 5.32 Å². The third-order valence-electron chi connectivity index (χ3n) is 4.93. The van der Waals surface area contributed by atoms with Crippen LogP contribution in [0.25, 0.3) is 0 Å². The van der Waals surface area contributed by atoms with Gasteiger partial charge >= 0.3 is 9.28 Å². The Kier molecular flexibility index (Phi) is 4.63. The molecule has 1 aliphatic carbocycles. The van der Waals surface area contributed by atoms with Crippen LogP contribution in [0.1, 0.15) is 33.1 Å². The Labute approximate surface area is 107 Å². The topological polar surface area (TPSA) is 30.5 Å². The van der Waals surface area contributed by atoms with E-state index in [-0.39, 0.29) is 0 Å². The standard InChI is InChI=1S/C13H27NO2Si/c1-9-6-5-7-11-10(2)8-14-13(12(9)11)17(15-3)16-4/h9-14,17H,5-8H2,1-4H3. The molecule has 1 saturated carbocycles. The average molecular weight is 257 g/mol. The van der Waals surface area contributed by atoms with Crippen molar-refractivity contribution in [2.24, 2.45) is 23.7 Å². The van der Waals surface area contributed by atoms with Gasteiger partial charge in [-0.25, -0.2) is 0 Å². The largest absolute Gasteiger partial charge is 0.399 e. The van der Waals surface area contributed by atoms with Crippen molar-refractivity contribution in [2.75, 3.05) is 20.8 Å². The van der Waals surface area contributed by atoms with Crippen molar-refractivity contribution in [1.29, 1.82) is 0 Å². The van der Waals surface area contributed by atoms with Crippen LogP contribution < -0.4 is 5.32 Å². The summed E-state index contributed by atoms with van der Waals surface area (Å²) in [6.07, 6.45) is 4.19. The highest BCUT2D eigenvalue weighted by Gasteiger charge is 2.46. The van der Waals surface area contributed by atoms with E-state index >= 15 is 0 Å². The van der Waals surface area contributed by atoms with E-state index in [0.29, 0.717) is 5.67 Å². The van der Waals surface area contributed by atoms with Crippen molar-refractivity contribution in [3.8, 4) is 0 Å². The molecule has 17 heavy (non-hydrogen) atoms. The van der Waals surface area contributed by atoms with E-state index in [1.807, 2.05) is 14.2 Å². The van der Waals surface area contributed by atoms with Crippen LogP contribution in [0.15, 0.2) is 0 Å². The summed E-state index contributed by atoms with van der Waals surface area (Å²) in [4.78, 5) is 0. The van der Waals surface area contributed by atoms with Crippen LogP contribution in [0, 0.1) is 23.7 Å². The van der Waals surface area contributed by atoms with Gasteiger partial charge in [-0.3, -0.25) is 0 Å². The van der Waals surface area contributed by atoms with Gasteiger partial charge in [-0.05, 0) is 36.6 Å². The lowest BCUT2D eigenvalue weighted by Gasteiger charge is -2.49. The van der Waals surface area contributed by atoms with Gasteiger partial charge in [-0.15, -0.1) is 0 Å². The molecule has 100 valence electrons. The smallest absolute Gasteiger partial charge is 0.338 e. The molecule has 0 radical (unpaired) electrons. The third kappa shape index (κ3) is 2.60. The van der Waals surface area contributed by atoms with Crippen LogP contribution in [0.2, 0.25) is 0 Å². The summed E-state index contributed by atoms with van der Waals surface area (Å²) in [5, 5.41) is 3.71. The van der Waals surface area contributed by atoms with Gasteiger partial charge in [-0.2, -0.15) is 0 Å². The zero-order valence-corrected chi connectivity index (χ0v) is 12.8. The van der Waals surface area contributed by atoms with Crippen LogP contribution in [0.5, 0.6) is 0 Å². The Bertz CT molecular complexity index is 248. The molecule has 1 aliphatic heterocycles. The Morgan fingerprint density at radius 2 is 1.76 bits per heavy atom. The van der Waals surface area contributed by atoms with Gasteiger partial charge in [0.25, 0.3) is 0 Å². The summed E-state index contributed by atoms with van der Waals surface area (Å²) in [6, 6.07) is 0. The highest BCUT2D eigenvalue weighted by Crippen LogP contribution is 2.43. The number of piperidine rings is 1. The predicted octanol–water partition coefficient (Wildman–Crippen LogP) is 1.70. The second kappa shape index (κ2) is 5.82. The minimum atomic E-state index is -1.54. The summed E-state index contributed by atoms with van der Waals surface area (Å²) in [5.41, 5.74) is 0.501. The molecule has 0 amide bonds. The van der Waals surface area contributed by atoms with Gasteiger partial charge in [0.05, 0.1) is 5.67 Å². The summed E-state index contributed by atoms with van der Waals surface area (Å²) in [5.74, 6) is 3.27. The molecular formula is C13H27NO2Si. The maximum Gasteiger partial charge on any atom is 0.338 e. The Morgan fingerprint density at radius 1 is 1.06 bits per heavy atom. The number of hydrogen-bond donors (Lipinski definition) is 1. The van der Waals surface area contributed by atoms with E-state index in [4.69, 9.17) is 8.85 Å². The SMILES string of the molecule is CO[SiH](OC)C1NCC(C)C2CCCC(C)C21. The highest BCUT2D eigenvalue weighted by molar-refractivity contribution is 6.46. The van der Waals surface area contributed by atoms with Crippen molar-refractivity contribution in [3.63, 3.8) is 0 Å². The lowest BCUT2D eigenvalue weighted by atomic mass is 9.66. The molecule has 1 heterocycles. The maximum absolute atomic E-state index is 5.63. The monoisotopic (exact) mass is 257 g/mol. The van der Waals surface area contributed by atoms with Crippen LogP contribution in [0.4, 0.5) is 0 Å². The second-order valence-electron chi connectivity index (χ2n) is 5.90.